The molecule has 0 bridgehead atoms. The van der Waals surface area contributed by atoms with Gasteiger partial charge in [0.25, 0.3) is 0 Å². The largest absolute Gasteiger partial charge is 0.497 e. The summed E-state index contributed by atoms with van der Waals surface area (Å²) in [5.41, 5.74) is 6.96. The lowest BCUT2D eigenvalue weighted by atomic mass is 9.85. The van der Waals surface area contributed by atoms with Crippen LogP contribution in [-0.2, 0) is 5.54 Å². The van der Waals surface area contributed by atoms with Gasteiger partial charge in [0.1, 0.15) is 5.75 Å². The Hall–Kier alpha value is -1.16. The summed E-state index contributed by atoms with van der Waals surface area (Å²) in [5.74, 6) is 1.91. The molecule has 2 N–H and O–H groups in total. The molecule has 0 unspecified atom stereocenters. The van der Waals surface area contributed by atoms with Crippen LogP contribution in [0.3, 0.4) is 0 Å². The number of nitrogens with zero attached hydrogens (tertiary/aromatic N) is 1. The van der Waals surface area contributed by atoms with E-state index in [2.05, 4.69) is 24.0 Å². The number of nitrogens with two attached hydrogens (primary N) is 1. The van der Waals surface area contributed by atoms with Crippen LogP contribution in [0.2, 0.25) is 0 Å². The molecule has 1 aliphatic heterocycles. The van der Waals surface area contributed by atoms with Gasteiger partial charge in [-0.05, 0) is 30.5 Å². The average Bonchev–Trinajstić information content (AvgIpc) is 2.38. The highest BCUT2D eigenvalue weighted by Gasteiger charge is 2.32. The van der Waals surface area contributed by atoms with E-state index < -0.39 is 0 Å². The van der Waals surface area contributed by atoms with Crippen molar-refractivity contribution in [2.75, 3.05) is 12.9 Å². The zero-order valence-corrected chi connectivity index (χ0v) is 11.1. The molecular weight excluding hydrogens is 232 g/mol. The van der Waals surface area contributed by atoms with Crippen molar-refractivity contribution in [3.63, 3.8) is 0 Å². The summed E-state index contributed by atoms with van der Waals surface area (Å²) < 4.78 is 5.18. The van der Waals surface area contributed by atoms with E-state index in [1.165, 1.54) is 5.56 Å². The smallest absolute Gasteiger partial charge is 0.154 e. The average molecular weight is 250 g/mol. The fraction of sp³-hybridized carbons (Fsp3) is 0.462. The third kappa shape index (κ3) is 2.41. The van der Waals surface area contributed by atoms with Gasteiger partial charge in [0.2, 0.25) is 0 Å². The van der Waals surface area contributed by atoms with Gasteiger partial charge in [0.15, 0.2) is 5.17 Å². The maximum absolute atomic E-state index is 5.87. The van der Waals surface area contributed by atoms with Crippen LogP contribution in [-0.4, -0.2) is 18.0 Å². The third-order valence-corrected chi connectivity index (χ3v) is 4.10. The minimum atomic E-state index is -0.137. The fourth-order valence-electron chi connectivity index (χ4n) is 2.19. The molecule has 4 heteroatoms. The van der Waals surface area contributed by atoms with Gasteiger partial charge >= 0.3 is 0 Å². The Morgan fingerprint density at radius 1 is 1.41 bits per heavy atom. The summed E-state index contributed by atoms with van der Waals surface area (Å²) in [6.45, 7) is 2.16. The Kier molecular flexibility index (Phi) is 3.62. The molecule has 0 aliphatic carbocycles. The summed E-state index contributed by atoms with van der Waals surface area (Å²) >= 11 is 1.64. The second-order valence-corrected chi connectivity index (χ2v) is 5.28. The quantitative estimate of drug-likeness (QED) is 0.897. The van der Waals surface area contributed by atoms with Crippen molar-refractivity contribution >= 4 is 16.9 Å². The standard InChI is InChI=1S/C13H18N2OS/c1-3-13(8-9-17-12(14)15-13)10-4-6-11(16-2)7-5-10/h4-7H,3,8-9H2,1-2H3,(H2,14,15)/t13-/m0/s1. The van der Waals surface area contributed by atoms with Gasteiger partial charge in [0, 0.05) is 5.75 Å². The van der Waals surface area contributed by atoms with E-state index in [9.17, 15) is 0 Å². The van der Waals surface area contributed by atoms with Crippen molar-refractivity contribution in [1.82, 2.24) is 0 Å². The first-order valence-electron chi connectivity index (χ1n) is 5.83. The Bertz CT molecular complexity index is 416. The maximum atomic E-state index is 5.87. The van der Waals surface area contributed by atoms with Gasteiger partial charge in [-0.15, -0.1) is 0 Å². The van der Waals surface area contributed by atoms with Crippen LogP contribution in [0.5, 0.6) is 5.75 Å². The molecule has 17 heavy (non-hydrogen) atoms. The van der Waals surface area contributed by atoms with E-state index in [1.807, 2.05) is 12.1 Å². The number of amidine groups is 1. The molecule has 2 rings (SSSR count). The summed E-state index contributed by atoms with van der Waals surface area (Å²) in [4.78, 5) is 4.67. The number of hydrogen-bond acceptors (Lipinski definition) is 4. The SMILES string of the molecule is CC[C@@]1(c2ccc(OC)cc2)CCSC(N)=N1. The van der Waals surface area contributed by atoms with Gasteiger partial charge in [-0.3, -0.25) is 4.99 Å². The van der Waals surface area contributed by atoms with Gasteiger partial charge in [-0.2, -0.15) is 0 Å². The summed E-state index contributed by atoms with van der Waals surface area (Å²) in [7, 11) is 1.68. The number of hydrogen-bond donors (Lipinski definition) is 1. The number of methoxy groups -OCH3 is 1. The zero-order chi connectivity index (χ0) is 12.3. The Morgan fingerprint density at radius 3 is 2.65 bits per heavy atom. The van der Waals surface area contributed by atoms with E-state index in [0.29, 0.717) is 5.17 Å². The normalized spacial score (nSPS) is 24.2. The van der Waals surface area contributed by atoms with Gasteiger partial charge < -0.3 is 10.5 Å². The lowest BCUT2D eigenvalue weighted by Crippen LogP contribution is -2.31. The minimum Gasteiger partial charge on any atom is -0.497 e. The molecular formula is C13H18N2OS. The summed E-state index contributed by atoms with van der Waals surface area (Å²) in [5, 5.41) is 0.703. The highest BCUT2D eigenvalue weighted by molar-refractivity contribution is 8.13. The van der Waals surface area contributed by atoms with Crippen molar-refractivity contribution in [2.45, 2.75) is 25.3 Å². The van der Waals surface area contributed by atoms with Gasteiger partial charge in [0.05, 0.1) is 12.6 Å². The molecule has 3 nitrogen and oxygen atoms in total. The molecule has 0 spiro atoms. The second-order valence-electron chi connectivity index (χ2n) is 4.16. The van der Waals surface area contributed by atoms with Gasteiger partial charge in [-0.1, -0.05) is 30.8 Å². The topological polar surface area (TPSA) is 47.6 Å². The van der Waals surface area contributed by atoms with E-state index in [1.54, 1.807) is 18.9 Å². The molecule has 0 saturated carbocycles. The number of benzene rings is 1. The molecule has 1 aliphatic rings. The molecule has 0 saturated heterocycles. The molecule has 0 aromatic heterocycles. The van der Waals surface area contributed by atoms with Crippen LogP contribution in [0, 0.1) is 0 Å². The maximum Gasteiger partial charge on any atom is 0.154 e. The Balaban J connectivity index is 2.37. The van der Waals surface area contributed by atoms with Crippen LogP contribution in [0.25, 0.3) is 0 Å². The third-order valence-electron chi connectivity index (χ3n) is 3.30. The van der Waals surface area contributed by atoms with E-state index in [0.717, 1.165) is 24.3 Å². The number of ether oxygens (including phenoxy) is 1. The second kappa shape index (κ2) is 5.00. The monoisotopic (exact) mass is 250 g/mol. The predicted molar refractivity (Wildman–Crippen MR) is 73.7 cm³/mol. The van der Waals surface area contributed by atoms with Crippen molar-refractivity contribution < 1.29 is 4.74 Å². The fourth-order valence-corrected chi connectivity index (χ4v) is 3.08. The molecule has 1 aromatic rings. The molecule has 0 fully saturated rings. The van der Waals surface area contributed by atoms with E-state index >= 15 is 0 Å². The van der Waals surface area contributed by atoms with Crippen molar-refractivity contribution in [3.8, 4) is 5.75 Å². The van der Waals surface area contributed by atoms with Crippen LogP contribution >= 0.6 is 11.8 Å². The highest BCUT2D eigenvalue weighted by Crippen LogP contribution is 2.38. The van der Waals surface area contributed by atoms with Gasteiger partial charge in [-0.25, -0.2) is 0 Å². The summed E-state index contributed by atoms with van der Waals surface area (Å²) in [6.07, 6.45) is 2.02. The van der Waals surface area contributed by atoms with Crippen LogP contribution < -0.4 is 10.5 Å². The first-order valence-corrected chi connectivity index (χ1v) is 6.81. The first-order chi connectivity index (χ1) is 8.20. The predicted octanol–water partition coefficient (Wildman–Crippen LogP) is 2.75. The van der Waals surface area contributed by atoms with Crippen molar-refractivity contribution in [1.29, 1.82) is 0 Å². The molecule has 92 valence electrons. The number of thioether (sulfide) groups is 1. The highest BCUT2D eigenvalue weighted by atomic mass is 32.2. The molecule has 1 heterocycles. The molecule has 1 atom stereocenters. The first kappa shape index (κ1) is 12.3. The van der Waals surface area contributed by atoms with Crippen molar-refractivity contribution in [3.05, 3.63) is 29.8 Å². The van der Waals surface area contributed by atoms with Crippen LogP contribution in [0.1, 0.15) is 25.3 Å². The zero-order valence-electron chi connectivity index (χ0n) is 10.3. The van der Waals surface area contributed by atoms with Crippen LogP contribution in [0.4, 0.5) is 0 Å². The minimum absolute atomic E-state index is 0.137. The number of aliphatic imine (C=N–C) groups is 1. The Labute approximate surface area is 106 Å². The lowest BCUT2D eigenvalue weighted by Gasteiger charge is -2.32. The molecule has 1 aromatic carbocycles. The van der Waals surface area contributed by atoms with Crippen molar-refractivity contribution in [2.24, 2.45) is 10.7 Å². The van der Waals surface area contributed by atoms with E-state index in [-0.39, 0.29) is 5.54 Å². The Morgan fingerprint density at radius 2 is 2.12 bits per heavy atom. The number of rotatable bonds is 3. The molecule has 0 radical (unpaired) electrons. The van der Waals surface area contributed by atoms with E-state index in [4.69, 9.17) is 10.5 Å². The van der Waals surface area contributed by atoms with Crippen LogP contribution in [0.15, 0.2) is 29.3 Å². The molecule has 0 amide bonds. The lowest BCUT2D eigenvalue weighted by molar-refractivity contribution is 0.406. The summed E-state index contributed by atoms with van der Waals surface area (Å²) in [6, 6.07) is 8.16.